The minimum atomic E-state index is -0.718. The van der Waals surface area contributed by atoms with E-state index in [1.54, 1.807) is 0 Å². The zero-order chi connectivity index (χ0) is 10.7. The molecule has 0 aromatic heterocycles. The van der Waals surface area contributed by atoms with Gasteiger partial charge in [0.1, 0.15) is 0 Å². The van der Waals surface area contributed by atoms with E-state index < -0.39 is 5.60 Å². The van der Waals surface area contributed by atoms with Crippen molar-refractivity contribution in [2.45, 2.75) is 18.9 Å². The number of hydrogen-bond donors (Lipinski definition) is 1. The van der Waals surface area contributed by atoms with E-state index in [0.717, 1.165) is 6.42 Å². The maximum atomic E-state index is 10.2. The lowest BCUT2D eigenvalue weighted by molar-refractivity contribution is 0.0655. The molecule has 1 aromatic rings. The third-order valence-electron chi connectivity index (χ3n) is 2.94. The van der Waals surface area contributed by atoms with Gasteiger partial charge in [0, 0.05) is 5.92 Å². The van der Waals surface area contributed by atoms with Crippen LogP contribution in [-0.2, 0) is 6.42 Å². The van der Waals surface area contributed by atoms with Gasteiger partial charge in [-0.3, -0.25) is 0 Å². The molecule has 0 amide bonds. The number of allylic oxidation sites excluding steroid dienone is 2. The fourth-order valence-electron chi connectivity index (χ4n) is 1.91. The molecule has 78 valence electrons. The lowest BCUT2D eigenvalue weighted by atomic mass is 9.81. The van der Waals surface area contributed by atoms with Gasteiger partial charge in [0.15, 0.2) is 0 Å². The van der Waals surface area contributed by atoms with Crippen molar-refractivity contribution >= 4 is 0 Å². The smallest absolute Gasteiger partial charge is 0.0868 e. The summed E-state index contributed by atoms with van der Waals surface area (Å²) in [5.41, 5.74) is 0.549. The Morgan fingerprint density at radius 2 is 1.93 bits per heavy atom. The lowest BCUT2D eigenvalue weighted by Crippen LogP contribution is -2.33. The van der Waals surface area contributed by atoms with Crippen LogP contribution < -0.4 is 0 Å². The van der Waals surface area contributed by atoms with Gasteiger partial charge in [-0.1, -0.05) is 54.6 Å². The highest BCUT2D eigenvalue weighted by Gasteiger charge is 2.28. The number of aliphatic hydroxyl groups is 1. The summed E-state index contributed by atoms with van der Waals surface area (Å²) in [5.74, 6) is 0.171. The maximum Gasteiger partial charge on any atom is 0.0868 e. The Bertz CT molecular complexity index is 374. The number of hydrogen-bond acceptors (Lipinski definition) is 1. The summed E-state index contributed by atoms with van der Waals surface area (Å²) in [5, 5.41) is 10.2. The summed E-state index contributed by atoms with van der Waals surface area (Å²) in [6.07, 6.45) is 8.73. The van der Waals surface area contributed by atoms with E-state index in [2.05, 4.69) is 18.2 Å². The average Bonchev–Trinajstić information content (AvgIpc) is 2.23. The van der Waals surface area contributed by atoms with Crippen LogP contribution in [0.15, 0.2) is 54.6 Å². The second-order valence-corrected chi connectivity index (χ2v) is 4.27. The van der Waals surface area contributed by atoms with Gasteiger partial charge >= 0.3 is 0 Å². The van der Waals surface area contributed by atoms with Crippen LogP contribution in [0.25, 0.3) is 0 Å². The van der Waals surface area contributed by atoms with Crippen LogP contribution in [0.1, 0.15) is 12.5 Å². The standard InChI is InChI=1S/C14H16O/c1-14(15)10-6-5-9-13(14)11-12-7-3-2-4-8-12/h2-10,13,15H,11H2,1H3. The third kappa shape index (κ3) is 2.37. The Morgan fingerprint density at radius 1 is 1.20 bits per heavy atom. The molecule has 0 fully saturated rings. The summed E-state index contributed by atoms with van der Waals surface area (Å²) in [6, 6.07) is 10.3. The summed E-state index contributed by atoms with van der Waals surface area (Å²) in [7, 11) is 0. The van der Waals surface area contributed by atoms with E-state index in [0.29, 0.717) is 0 Å². The second-order valence-electron chi connectivity index (χ2n) is 4.27. The van der Waals surface area contributed by atoms with Crippen LogP contribution in [0.5, 0.6) is 0 Å². The van der Waals surface area contributed by atoms with Gasteiger partial charge in [-0.25, -0.2) is 0 Å². The zero-order valence-electron chi connectivity index (χ0n) is 8.93. The van der Waals surface area contributed by atoms with Crippen molar-refractivity contribution in [2.75, 3.05) is 0 Å². The molecule has 0 saturated heterocycles. The molecule has 1 aliphatic rings. The summed E-state index contributed by atoms with van der Waals surface area (Å²) in [6.45, 7) is 1.86. The fourth-order valence-corrected chi connectivity index (χ4v) is 1.91. The van der Waals surface area contributed by atoms with E-state index in [1.165, 1.54) is 5.56 Å². The van der Waals surface area contributed by atoms with Gasteiger partial charge in [0.2, 0.25) is 0 Å². The molecule has 1 N–H and O–H groups in total. The molecule has 1 nitrogen and oxygen atoms in total. The van der Waals surface area contributed by atoms with E-state index in [9.17, 15) is 5.11 Å². The molecular formula is C14H16O. The van der Waals surface area contributed by atoms with Crippen molar-refractivity contribution in [1.82, 2.24) is 0 Å². The van der Waals surface area contributed by atoms with Crippen LogP contribution in [0, 0.1) is 5.92 Å². The Kier molecular flexibility index (Phi) is 2.74. The Labute approximate surface area is 90.8 Å². The average molecular weight is 200 g/mol. The van der Waals surface area contributed by atoms with Crippen molar-refractivity contribution in [2.24, 2.45) is 5.92 Å². The predicted molar refractivity (Wildman–Crippen MR) is 62.5 cm³/mol. The molecule has 2 unspecified atom stereocenters. The molecule has 1 heteroatoms. The largest absolute Gasteiger partial charge is 0.385 e. The van der Waals surface area contributed by atoms with Crippen LogP contribution in [-0.4, -0.2) is 10.7 Å². The molecule has 0 heterocycles. The van der Waals surface area contributed by atoms with E-state index in [1.807, 2.05) is 43.4 Å². The minimum absolute atomic E-state index is 0.171. The normalized spacial score (nSPS) is 29.3. The minimum Gasteiger partial charge on any atom is -0.385 e. The van der Waals surface area contributed by atoms with Crippen LogP contribution in [0.2, 0.25) is 0 Å². The fraction of sp³-hybridized carbons (Fsp3) is 0.286. The second kappa shape index (κ2) is 4.03. The van der Waals surface area contributed by atoms with Crippen molar-refractivity contribution in [1.29, 1.82) is 0 Å². The quantitative estimate of drug-likeness (QED) is 0.778. The molecular weight excluding hydrogens is 184 g/mol. The highest BCUT2D eigenvalue weighted by Crippen LogP contribution is 2.27. The molecule has 0 saturated carbocycles. The van der Waals surface area contributed by atoms with E-state index >= 15 is 0 Å². The molecule has 1 aromatic carbocycles. The molecule has 2 atom stereocenters. The summed E-state index contributed by atoms with van der Waals surface area (Å²) in [4.78, 5) is 0. The predicted octanol–water partition coefficient (Wildman–Crippen LogP) is 2.72. The van der Waals surface area contributed by atoms with Gasteiger partial charge in [0.05, 0.1) is 5.60 Å². The van der Waals surface area contributed by atoms with Gasteiger partial charge < -0.3 is 5.11 Å². The van der Waals surface area contributed by atoms with E-state index in [-0.39, 0.29) is 5.92 Å². The van der Waals surface area contributed by atoms with Gasteiger partial charge in [-0.2, -0.15) is 0 Å². The van der Waals surface area contributed by atoms with Crippen molar-refractivity contribution in [3.63, 3.8) is 0 Å². The van der Waals surface area contributed by atoms with Crippen molar-refractivity contribution < 1.29 is 5.11 Å². The molecule has 0 aliphatic heterocycles. The lowest BCUT2D eigenvalue weighted by Gasteiger charge is -2.30. The van der Waals surface area contributed by atoms with E-state index in [4.69, 9.17) is 0 Å². The maximum absolute atomic E-state index is 10.2. The van der Waals surface area contributed by atoms with Gasteiger partial charge in [-0.05, 0) is 18.9 Å². The number of benzene rings is 1. The highest BCUT2D eigenvalue weighted by molar-refractivity contribution is 5.24. The molecule has 0 spiro atoms. The van der Waals surface area contributed by atoms with Crippen LogP contribution in [0.4, 0.5) is 0 Å². The summed E-state index contributed by atoms with van der Waals surface area (Å²) < 4.78 is 0. The first-order valence-electron chi connectivity index (χ1n) is 5.31. The first-order chi connectivity index (χ1) is 7.18. The first kappa shape index (κ1) is 10.2. The molecule has 0 radical (unpaired) electrons. The first-order valence-corrected chi connectivity index (χ1v) is 5.31. The monoisotopic (exact) mass is 200 g/mol. The highest BCUT2D eigenvalue weighted by atomic mass is 16.3. The Morgan fingerprint density at radius 3 is 2.60 bits per heavy atom. The van der Waals surface area contributed by atoms with Gasteiger partial charge in [0.25, 0.3) is 0 Å². The number of rotatable bonds is 2. The zero-order valence-corrected chi connectivity index (χ0v) is 8.93. The summed E-state index contributed by atoms with van der Waals surface area (Å²) >= 11 is 0. The molecule has 15 heavy (non-hydrogen) atoms. The van der Waals surface area contributed by atoms with Gasteiger partial charge in [-0.15, -0.1) is 0 Å². The Balaban J connectivity index is 2.13. The topological polar surface area (TPSA) is 20.2 Å². The molecule has 2 rings (SSSR count). The third-order valence-corrected chi connectivity index (χ3v) is 2.94. The van der Waals surface area contributed by atoms with Crippen LogP contribution in [0.3, 0.4) is 0 Å². The molecule has 0 bridgehead atoms. The van der Waals surface area contributed by atoms with Crippen LogP contribution >= 0.6 is 0 Å². The van der Waals surface area contributed by atoms with Crippen molar-refractivity contribution in [3.8, 4) is 0 Å². The van der Waals surface area contributed by atoms with Crippen molar-refractivity contribution in [3.05, 3.63) is 60.2 Å². The Hall–Kier alpha value is -1.34. The molecule has 1 aliphatic carbocycles. The SMILES string of the molecule is CC1(O)C=CC=CC1Cc1ccccc1.